The lowest BCUT2D eigenvalue weighted by atomic mass is 9.88. The highest BCUT2D eigenvalue weighted by molar-refractivity contribution is 5.23. The van der Waals surface area contributed by atoms with Crippen molar-refractivity contribution < 1.29 is 13.5 Å². The number of benzene rings is 1. The molecule has 1 aromatic rings. The summed E-state index contributed by atoms with van der Waals surface area (Å²) >= 11 is 0. The molecule has 17 heavy (non-hydrogen) atoms. The summed E-state index contributed by atoms with van der Waals surface area (Å²) in [5.41, 5.74) is 2.83. The third-order valence-corrected chi connectivity index (χ3v) is 3.34. The molecule has 2 rings (SSSR count). The highest BCUT2D eigenvalue weighted by Gasteiger charge is 2.33. The average molecular weight is 242 g/mol. The van der Waals surface area contributed by atoms with Gasteiger partial charge in [0.25, 0.3) is 0 Å². The SMILES string of the molecule is CC1OCCC1C(NN)c1cc(F)ccc1F. The fourth-order valence-electron chi connectivity index (χ4n) is 2.38. The van der Waals surface area contributed by atoms with Crippen molar-refractivity contribution in [1.82, 2.24) is 5.43 Å². The lowest BCUT2D eigenvalue weighted by molar-refractivity contribution is 0.0949. The van der Waals surface area contributed by atoms with E-state index in [1.807, 2.05) is 6.92 Å². The third-order valence-electron chi connectivity index (χ3n) is 3.34. The summed E-state index contributed by atoms with van der Waals surface area (Å²) in [6.45, 7) is 2.54. The molecule has 94 valence electrons. The second kappa shape index (κ2) is 5.08. The van der Waals surface area contributed by atoms with Gasteiger partial charge in [0.15, 0.2) is 0 Å². The van der Waals surface area contributed by atoms with Crippen molar-refractivity contribution in [1.29, 1.82) is 0 Å². The largest absolute Gasteiger partial charge is 0.378 e. The summed E-state index contributed by atoms with van der Waals surface area (Å²) in [5.74, 6) is 4.61. The van der Waals surface area contributed by atoms with E-state index in [2.05, 4.69) is 5.43 Å². The molecular weight excluding hydrogens is 226 g/mol. The fraction of sp³-hybridized carbons (Fsp3) is 0.500. The average Bonchev–Trinajstić information content (AvgIpc) is 2.71. The number of hydrazine groups is 1. The van der Waals surface area contributed by atoms with Crippen molar-refractivity contribution in [3.05, 3.63) is 35.4 Å². The first-order valence-corrected chi connectivity index (χ1v) is 5.66. The fourth-order valence-corrected chi connectivity index (χ4v) is 2.38. The Labute approximate surface area is 98.9 Å². The van der Waals surface area contributed by atoms with Crippen molar-refractivity contribution in [2.75, 3.05) is 6.61 Å². The molecule has 1 aromatic carbocycles. The molecule has 1 aliphatic heterocycles. The molecule has 1 saturated heterocycles. The number of hydrogen-bond acceptors (Lipinski definition) is 3. The van der Waals surface area contributed by atoms with Gasteiger partial charge in [-0.2, -0.15) is 0 Å². The molecule has 3 atom stereocenters. The van der Waals surface area contributed by atoms with Crippen molar-refractivity contribution >= 4 is 0 Å². The van der Waals surface area contributed by atoms with Gasteiger partial charge in [0.05, 0.1) is 12.1 Å². The summed E-state index contributed by atoms with van der Waals surface area (Å²) < 4.78 is 32.3. The molecule has 0 bridgehead atoms. The van der Waals surface area contributed by atoms with Crippen LogP contribution in [-0.4, -0.2) is 12.7 Å². The first kappa shape index (κ1) is 12.4. The molecule has 0 amide bonds. The van der Waals surface area contributed by atoms with E-state index < -0.39 is 17.7 Å². The molecule has 5 heteroatoms. The summed E-state index contributed by atoms with van der Waals surface area (Å²) in [4.78, 5) is 0. The predicted octanol–water partition coefficient (Wildman–Crippen LogP) is 1.89. The van der Waals surface area contributed by atoms with Crippen LogP contribution >= 0.6 is 0 Å². The van der Waals surface area contributed by atoms with Gasteiger partial charge in [0.1, 0.15) is 11.6 Å². The highest BCUT2D eigenvalue weighted by atomic mass is 19.1. The smallest absolute Gasteiger partial charge is 0.128 e. The molecule has 1 aliphatic rings. The van der Waals surface area contributed by atoms with Crippen LogP contribution in [0.3, 0.4) is 0 Å². The maximum Gasteiger partial charge on any atom is 0.128 e. The zero-order chi connectivity index (χ0) is 12.4. The Morgan fingerprint density at radius 2 is 2.24 bits per heavy atom. The van der Waals surface area contributed by atoms with E-state index >= 15 is 0 Å². The van der Waals surface area contributed by atoms with Crippen LogP contribution in [0.15, 0.2) is 18.2 Å². The Balaban J connectivity index is 2.31. The van der Waals surface area contributed by atoms with Gasteiger partial charge in [-0.3, -0.25) is 11.3 Å². The molecule has 3 N–H and O–H groups in total. The minimum Gasteiger partial charge on any atom is -0.378 e. The van der Waals surface area contributed by atoms with Gasteiger partial charge in [-0.1, -0.05) is 0 Å². The number of nitrogens with two attached hydrogens (primary N) is 1. The lowest BCUT2D eigenvalue weighted by Gasteiger charge is -2.25. The summed E-state index contributed by atoms with van der Waals surface area (Å²) in [5, 5.41) is 0. The van der Waals surface area contributed by atoms with Gasteiger partial charge in [-0.15, -0.1) is 0 Å². The van der Waals surface area contributed by atoms with Gasteiger partial charge < -0.3 is 4.74 Å². The van der Waals surface area contributed by atoms with Crippen LogP contribution in [0.5, 0.6) is 0 Å². The number of ether oxygens (including phenoxy) is 1. The van der Waals surface area contributed by atoms with Crippen LogP contribution in [0.4, 0.5) is 8.78 Å². The van der Waals surface area contributed by atoms with Crippen molar-refractivity contribution in [3.8, 4) is 0 Å². The minimum absolute atomic E-state index is 0.0151. The molecule has 0 saturated carbocycles. The molecule has 0 spiro atoms. The second-order valence-electron chi connectivity index (χ2n) is 4.34. The first-order chi connectivity index (χ1) is 8.13. The number of rotatable bonds is 3. The third kappa shape index (κ3) is 2.46. The van der Waals surface area contributed by atoms with Crippen LogP contribution in [0, 0.1) is 17.6 Å². The Kier molecular flexibility index (Phi) is 3.71. The molecular formula is C12H16F2N2O. The lowest BCUT2D eigenvalue weighted by Crippen LogP contribution is -2.36. The topological polar surface area (TPSA) is 47.3 Å². The van der Waals surface area contributed by atoms with E-state index in [0.29, 0.717) is 6.61 Å². The number of halogens is 2. The summed E-state index contributed by atoms with van der Waals surface area (Å²) in [6, 6.07) is 2.98. The zero-order valence-electron chi connectivity index (χ0n) is 9.62. The minimum atomic E-state index is -0.465. The number of nitrogens with one attached hydrogen (secondary N) is 1. The summed E-state index contributed by atoms with van der Waals surface area (Å²) in [6.07, 6.45) is 0.769. The van der Waals surface area contributed by atoms with E-state index in [4.69, 9.17) is 10.6 Å². The van der Waals surface area contributed by atoms with Crippen molar-refractivity contribution in [2.24, 2.45) is 11.8 Å². The van der Waals surface area contributed by atoms with E-state index in [-0.39, 0.29) is 17.6 Å². The maximum atomic E-state index is 13.7. The van der Waals surface area contributed by atoms with Crippen LogP contribution in [0.2, 0.25) is 0 Å². The van der Waals surface area contributed by atoms with Gasteiger partial charge in [-0.25, -0.2) is 8.78 Å². The van der Waals surface area contributed by atoms with Crippen LogP contribution in [0.25, 0.3) is 0 Å². The van der Waals surface area contributed by atoms with Crippen LogP contribution in [-0.2, 0) is 4.74 Å². The predicted molar refractivity (Wildman–Crippen MR) is 59.9 cm³/mol. The Bertz CT molecular complexity index is 400. The molecule has 0 aliphatic carbocycles. The van der Waals surface area contributed by atoms with E-state index in [1.54, 1.807) is 0 Å². The van der Waals surface area contributed by atoms with Gasteiger partial charge in [0.2, 0.25) is 0 Å². The Morgan fingerprint density at radius 1 is 1.47 bits per heavy atom. The molecule has 3 unspecified atom stereocenters. The van der Waals surface area contributed by atoms with E-state index in [1.165, 1.54) is 6.07 Å². The first-order valence-electron chi connectivity index (χ1n) is 5.66. The van der Waals surface area contributed by atoms with E-state index in [9.17, 15) is 8.78 Å². The van der Waals surface area contributed by atoms with Crippen molar-refractivity contribution in [3.63, 3.8) is 0 Å². The Hall–Kier alpha value is -1.04. The maximum absolute atomic E-state index is 13.7. The molecule has 1 heterocycles. The molecule has 3 nitrogen and oxygen atoms in total. The Morgan fingerprint density at radius 3 is 2.82 bits per heavy atom. The van der Waals surface area contributed by atoms with Crippen LogP contribution < -0.4 is 11.3 Å². The van der Waals surface area contributed by atoms with Gasteiger partial charge in [-0.05, 0) is 31.5 Å². The van der Waals surface area contributed by atoms with Gasteiger partial charge >= 0.3 is 0 Å². The highest BCUT2D eigenvalue weighted by Crippen LogP contribution is 2.34. The van der Waals surface area contributed by atoms with Crippen molar-refractivity contribution in [2.45, 2.75) is 25.5 Å². The number of hydrogen-bond donors (Lipinski definition) is 2. The van der Waals surface area contributed by atoms with Crippen LogP contribution in [0.1, 0.15) is 24.9 Å². The molecule has 0 aromatic heterocycles. The quantitative estimate of drug-likeness (QED) is 0.628. The standard InChI is InChI=1S/C12H16F2N2O/c1-7-9(4-5-17-7)12(16-15)10-6-8(13)2-3-11(10)14/h2-3,6-7,9,12,16H,4-5,15H2,1H3. The molecule has 1 fully saturated rings. The monoisotopic (exact) mass is 242 g/mol. The second-order valence-corrected chi connectivity index (χ2v) is 4.34. The zero-order valence-corrected chi connectivity index (χ0v) is 9.62. The van der Waals surface area contributed by atoms with Gasteiger partial charge in [0, 0.05) is 18.1 Å². The normalized spacial score (nSPS) is 26.1. The molecule has 0 radical (unpaired) electrons. The summed E-state index contributed by atoms with van der Waals surface area (Å²) in [7, 11) is 0. The van der Waals surface area contributed by atoms with E-state index in [0.717, 1.165) is 18.6 Å².